The molecule has 0 spiro atoms. The van der Waals surface area contributed by atoms with Crippen molar-refractivity contribution < 1.29 is 9.53 Å². The Balaban J connectivity index is 1.40. The summed E-state index contributed by atoms with van der Waals surface area (Å²) in [6.07, 6.45) is 7.22. The summed E-state index contributed by atoms with van der Waals surface area (Å²) >= 11 is 0. The summed E-state index contributed by atoms with van der Waals surface area (Å²) in [5.74, 6) is 2.48. The molecule has 37 heavy (non-hydrogen) atoms. The predicted molar refractivity (Wildman–Crippen MR) is 138 cm³/mol. The molecule has 2 fully saturated rings. The van der Waals surface area contributed by atoms with Crippen LogP contribution in [0.5, 0.6) is 0 Å². The molecule has 0 aromatic carbocycles. The molecule has 3 aromatic rings. The van der Waals surface area contributed by atoms with Gasteiger partial charge >= 0.3 is 0 Å². The van der Waals surface area contributed by atoms with Gasteiger partial charge in [-0.2, -0.15) is 20.1 Å². The number of aromatic nitrogens is 7. The minimum Gasteiger partial charge on any atom is -0.380 e. The van der Waals surface area contributed by atoms with Gasteiger partial charge in [0, 0.05) is 57.5 Å². The van der Waals surface area contributed by atoms with Crippen molar-refractivity contribution in [3.05, 3.63) is 30.4 Å². The molecular formula is C23H32N12O2. The average molecular weight is 509 g/mol. The van der Waals surface area contributed by atoms with E-state index in [2.05, 4.69) is 56.0 Å². The van der Waals surface area contributed by atoms with E-state index in [4.69, 9.17) is 4.74 Å². The predicted octanol–water partition coefficient (Wildman–Crippen LogP) is 1.21. The van der Waals surface area contributed by atoms with E-state index in [0.29, 0.717) is 54.9 Å². The second kappa shape index (κ2) is 11.0. The van der Waals surface area contributed by atoms with Gasteiger partial charge in [0.25, 0.3) is 0 Å². The van der Waals surface area contributed by atoms with E-state index in [9.17, 15) is 4.79 Å². The molecular weight excluding hydrogens is 476 g/mol. The van der Waals surface area contributed by atoms with Crippen LogP contribution in [-0.4, -0.2) is 98.9 Å². The molecule has 2 atom stereocenters. The average Bonchev–Trinajstić information content (AvgIpc) is 3.47. The van der Waals surface area contributed by atoms with E-state index in [1.165, 1.54) is 12.4 Å². The molecule has 14 nitrogen and oxygen atoms in total. The normalized spacial score (nSPS) is 19.3. The van der Waals surface area contributed by atoms with Gasteiger partial charge in [0.05, 0.1) is 18.0 Å². The Hall–Kier alpha value is -3.91. The fraction of sp³-hybridized carbons (Fsp3) is 0.522. The van der Waals surface area contributed by atoms with E-state index in [1.54, 1.807) is 13.3 Å². The number of carbonyl (C=O) groups is 1. The molecule has 0 bridgehead atoms. The van der Waals surface area contributed by atoms with E-state index >= 15 is 0 Å². The maximum Gasteiger partial charge on any atom is 0.248 e. The topological polar surface area (TPSA) is 162 Å². The van der Waals surface area contributed by atoms with Gasteiger partial charge in [-0.05, 0) is 26.9 Å². The van der Waals surface area contributed by atoms with Crippen LogP contribution in [0.3, 0.4) is 0 Å². The maximum atomic E-state index is 13.2. The first-order valence-corrected chi connectivity index (χ1v) is 12.3. The van der Waals surface area contributed by atoms with Crippen LogP contribution in [0.25, 0.3) is 0 Å². The minimum absolute atomic E-state index is 0.162. The lowest BCUT2D eigenvalue weighted by molar-refractivity contribution is -0.117. The second-order valence-corrected chi connectivity index (χ2v) is 9.46. The molecule has 1 saturated heterocycles. The lowest BCUT2D eigenvalue weighted by Gasteiger charge is -2.24. The Labute approximate surface area is 214 Å². The smallest absolute Gasteiger partial charge is 0.248 e. The van der Waals surface area contributed by atoms with Gasteiger partial charge < -0.3 is 30.5 Å². The van der Waals surface area contributed by atoms with E-state index in [0.717, 1.165) is 25.1 Å². The standard InChI is InChI=1S/C23H32N12O2/c1-34(2)9-8-26-21-29-22(28-18-11-16(32-33-18)14-4-5-14)31-23(30-21)35-13-15(37-3)10-17(35)20(36)27-19-12-24-6-7-25-19/h6-7,11-12,14-15,17H,4-5,8-10,13H2,1-3H3,(H,25,27,36)(H3,26,28,29,30,31,32,33)/t15-,17-/m0/s1. The quantitative estimate of drug-likeness (QED) is 0.293. The van der Waals surface area contributed by atoms with Crippen LogP contribution in [0.1, 0.15) is 30.9 Å². The lowest BCUT2D eigenvalue weighted by atomic mass is 10.2. The summed E-state index contributed by atoms with van der Waals surface area (Å²) < 4.78 is 5.60. The first kappa shape index (κ1) is 24.8. The Kier molecular flexibility index (Phi) is 7.37. The first-order chi connectivity index (χ1) is 18.0. The van der Waals surface area contributed by atoms with Crippen LogP contribution in [-0.2, 0) is 9.53 Å². The maximum absolute atomic E-state index is 13.2. The highest BCUT2D eigenvalue weighted by Gasteiger charge is 2.39. The van der Waals surface area contributed by atoms with Crippen LogP contribution >= 0.6 is 0 Å². The van der Waals surface area contributed by atoms with Crippen LogP contribution in [0, 0.1) is 0 Å². The number of nitrogens with one attached hydrogen (secondary N) is 4. The molecule has 5 rings (SSSR count). The van der Waals surface area contributed by atoms with Gasteiger partial charge in [-0.1, -0.05) is 0 Å². The zero-order valence-electron chi connectivity index (χ0n) is 21.2. The van der Waals surface area contributed by atoms with Gasteiger partial charge in [0.15, 0.2) is 5.82 Å². The molecule has 1 aliphatic carbocycles. The number of amides is 1. The summed E-state index contributed by atoms with van der Waals surface area (Å²) in [4.78, 5) is 39.2. The monoisotopic (exact) mass is 508 g/mol. The van der Waals surface area contributed by atoms with Crippen molar-refractivity contribution in [2.75, 3.05) is 61.7 Å². The third-order valence-electron chi connectivity index (χ3n) is 6.28. The summed E-state index contributed by atoms with van der Waals surface area (Å²) in [7, 11) is 5.63. The van der Waals surface area contributed by atoms with Crippen molar-refractivity contribution >= 4 is 35.4 Å². The second-order valence-electron chi connectivity index (χ2n) is 9.46. The number of anilines is 5. The molecule has 0 radical (unpaired) electrons. The lowest BCUT2D eigenvalue weighted by Crippen LogP contribution is -2.41. The molecule has 0 unspecified atom stereocenters. The number of rotatable bonds is 11. The number of hydrogen-bond acceptors (Lipinski definition) is 12. The molecule has 3 aromatic heterocycles. The number of likely N-dealkylation sites (N-methyl/N-ethyl adjacent to an activating group) is 1. The van der Waals surface area contributed by atoms with Crippen molar-refractivity contribution in [2.24, 2.45) is 0 Å². The van der Waals surface area contributed by atoms with Crippen molar-refractivity contribution in [3.8, 4) is 0 Å². The van der Waals surface area contributed by atoms with Gasteiger partial charge in [-0.3, -0.25) is 14.9 Å². The molecule has 14 heteroatoms. The van der Waals surface area contributed by atoms with Crippen LogP contribution in [0.2, 0.25) is 0 Å². The fourth-order valence-electron chi connectivity index (χ4n) is 4.14. The number of H-pyrrole nitrogens is 1. The largest absolute Gasteiger partial charge is 0.380 e. The zero-order valence-corrected chi connectivity index (χ0v) is 21.2. The molecule has 196 valence electrons. The minimum atomic E-state index is -0.564. The van der Waals surface area contributed by atoms with Crippen molar-refractivity contribution in [2.45, 2.75) is 37.3 Å². The van der Waals surface area contributed by atoms with Gasteiger partial charge in [0.2, 0.25) is 23.8 Å². The molecule has 4 heterocycles. The van der Waals surface area contributed by atoms with Gasteiger partial charge in [0.1, 0.15) is 11.9 Å². The van der Waals surface area contributed by atoms with Crippen LogP contribution in [0.4, 0.5) is 29.5 Å². The summed E-state index contributed by atoms with van der Waals surface area (Å²) in [6, 6.07) is 1.42. The van der Waals surface area contributed by atoms with E-state index in [1.807, 2.05) is 25.1 Å². The summed E-state index contributed by atoms with van der Waals surface area (Å²) in [5.41, 5.74) is 1.03. The van der Waals surface area contributed by atoms with Crippen LogP contribution < -0.4 is 20.9 Å². The highest BCUT2D eigenvalue weighted by atomic mass is 16.5. The van der Waals surface area contributed by atoms with Crippen molar-refractivity contribution in [1.82, 2.24) is 40.0 Å². The molecule has 1 aliphatic heterocycles. The van der Waals surface area contributed by atoms with E-state index < -0.39 is 6.04 Å². The molecule has 4 N–H and O–H groups in total. The number of nitrogens with zero attached hydrogens (tertiary/aromatic N) is 8. The summed E-state index contributed by atoms with van der Waals surface area (Å²) in [5, 5.41) is 16.7. The Bertz CT molecular complexity index is 1200. The first-order valence-electron chi connectivity index (χ1n) is 12.3. The third kappa shape index (κ3) is 6.27. The number of methoxy groups -OCH3 is 1. The van der Waals surface area contributed by atoms with Gasteiger partial charge in [-0.15, -0.1) is 0 Å². The Morgan fingerprint density at radius 3 is 2.78 bits per heavy atom. The van der Waals surface area contributed by atoms with Crippen molar-refractivity contribution in [3.63, 3.8) is 0 Å². The SMILES string of the molecule is CO[C@H]1C[C@@H](C(=O)Nc2cnccn2)N(c2nc(NCCN(C)C)nc(Nc3cc(C4CC4)n[nH]3)n2)C1. The van der Waals surface area contributed by atoms with Crippen LogP contribution in [0.15, 0.2) is 24.7 Å². The van der Waals surface area contributed by atoms with Gasteiger partial charge in [-0.25, -0.2) is 4.98 Å². The molecule has 1 saturated carbocycles. The van der Waals surface area contributed by atoms with Crippen molar-refractivity contribution in [1.29, 1.82) is 0 Å². The molecule has 1 amide bonds. The highest BCUT2D eigenvalue weighted by Crippen LogP contribution is 2.39. The Morgan fingerprint density at radius 1 is 1.22 bits per heavy atom. The third-order valence-corrected chi connectivity index (χ3v) is 6.28. The highest BCUT2D eigenvalue weighted by molar-refractivity contribution is 5.96. The Morgan fingerprint density at radius 2 is 2.05 bits per heavy atom. The number of hydrogen-bond donors (Lipinski definition) is 4. The number of ether oxygens (including phenoxy) is 1. The van der Waals surface area contributed by atoms with E-state index in [-0.39, 0.29) is 12.0 Å². The molecule has 2 aliphatic rings. The number of aromatic amines is 1. The fourth-order valence-corrected chi connectivity index (χ4v) is 4.14. The zero-order chi connectivity index (χ0) is 25.8. The summed E-state index contributed by atoms with van der Waals surface area (Å²) in [6.45, 7) is 1.89. The number of carbonyl (C=O) groups excluding carboxylic acids is 1.